The molecule has 31 heavy (non-hydrogen) atoms. The van der Waals surface area contributed by atoms with Crippen LogP contribution in [-0.2, 0) is 12.8 Å². The lowest BCUT2D eigenvalue weighted by Crippen LogP contribution is -2.18. The Morgan fingerprint density at radius 3 is 1.58 bits per heavy atom. The molecule has 0 spiro atoms. The molecule has 0 bridgehead atoms. The fourth-order valence-electron chi connectivity index (χ4n) is 4.72. The zero-order valence-electron chi connectivity index (χ0n) is 18.2. The highest BCUT2D eigenvalue weighted by atomic mass is 35.5. The second-order valence-corrected chi connectivity index (χ2v) is 8.40. The van der Waals surface area contributed by atoms with Crippen LogP contribution in [0.3, 0.4) is 0 Å². The molecule has 0 amide bonds. The van der Waals surface area contributed by atoms with Gasteiger partial charge in [0.15, 0.2) is 0 Å². The topological polar surface area (TPSA) is 70.5 Å². The average Bonchev–Trinajstić information content (AvgIpc) is 2.74. The van der Waals surface area contributed by atoms with Crippen LogP contribution in [-0.4, -0.2) is 13.2 Å². The Bertz CT molecular complexity index is 764. The van der Waals surface area contributed by atoms with Gasteiger partial charge in [0.05, 0.1) is 13.2 Å². The lowest BCUT2D eigenvalue weighted by Gasteiger charge is -2.24. The van der Waals surface area contributed by atoms with Crippen molar-refractivity contribution < 1.29 is 9.47 Å². The van der Waals surface area contributed by atoms with Crippen LogP contribution >= 0.6 is 24.8 Å². The van der Waals surface area contributed by atoms with Gasteiger partial charge < -0.3 is 20.9 Å². The van der Waals surface area contributed by atoms with Crippen LogP contribution in [0.15, 0.2) is 36.4 Å². The first kappa shape index (κ1) is 25.8. The van der Waals surface area contributed by atoms with Crippen molar-refractivity contribution in [1.29, 1.82) is 0 Å². The van der Waals surface area contributed by atoms with E-state index in [2.05, 4.69) is 36.4 Å². The molecule has 2 aliphatic carbocycles. The normalized spacial score (nSPS) is 19.3. The second kappa shape index (κ2) is 12.5. The largest absolute Gasteiger partial charge is 0.493 e. The number of fused-ring (bicyclic) bond motifs is 2. The molecule has 2 aromatic rings. The molecule has 4 nitrogen and oxygen atoms in total. The van der Waals surface area contributed by atoms with E-state index in [-0.39, 0.29) is 36.9 Å². The molecule has 0 aliphatic heterocycles. The summed E-state index contributed by atoms with van der Waals surface area (Å²) in [5, 5.41) is 0. The number of benzene rings is 2. The van der Waals surface area contributed by atoms with Gasteiger partial charge in [0.2, 0.25) is 0 Å². The summed E-state index contributed by atoms with van der Waals surface area (Å²) in [5.41, 5.74) is 17.7. The van der Waals surface area contributed by atoms with Gasteiger partial charge in [-0.25, -0.2) is 0 Å². The fraction of sp³-hybridized carbons (Fsp3) is 0.520. The summed E-state index contributed by atoms with van der Waals surface area (Å²) in [6.07, 6.45) is 9.80. The van der Waals surface area contributed by atoms with Crippen LogP contribution in [0.25, 0.3) is 0 Å². The van der Waals surface area contributed by atoms with Crippen molar-refractivity contribution in [3.8, 4) is 11.5 Å². The average molecular weight is 467 g/mol. The van der Waals surface area contributed by atoms with Crippen molar-refractivity contribution in [3.63, 3.8) is 0 Å². The third-order valence-corrected chi connectivity index (χ3v) is 6.33. The van der Waals surface area contributed by atoms with E-state index in [0.29, 0.717) is 0 Å². The Morgan fingerprint density at radius 2 is 1.13 bits per heavy atom. The molecule has 0 unspecified atom stereocenters. The highest BCUT2D eigenvalue weighted by Crippen LogP contribution is 2.35. The molecule has 2 atom stereocenters. The van der Waals surface area contributed by atoms with E-state index in [1.807, 2.05) is 0 Å². The maximum atomic E-state index is 6.25. The molecule has 6 heteroatoms. The molecule has 0 radical (unpaired) electrons. The Morgan fingerprint density at radius 1 is 0.677 bits per heavy atom. The molecule has 4 rings (SSSR count). The first-order valence-corrected chi connectivity index (χ1v) is 11.2. The highest BCUT2D eigenvalue weighted by Gasteiger charge is 2.20. The first-order chi connectivity index (χ1) is 14.2. The van der Waals surface area contributed by atoms with Crippen LogP contribution < -0.4 is 20.9 Å². The Balaban J connectivity index is 0.00000171. The zero-order valence-corrected chi connectivity index (χ0v) is 19.8. The smallest absolute Gasteiger partial charge is 0.122 e. The van der Waals surface area contributed by atoms with E-state index < -0.39 is 0 Å². The number of rotatable bonds is 8. The lowest BCUT2D eigenvalue weighted by molar-refractivity contribution is 0.275. The van der Waals surface area contributed by atoms with E-state index in [0.717, 1.165) is 82.5 Å². The molecule has 2 aromatic carbocycles. The van der Waals surface area contributed by atoms with Crippen molar-refractivity contribution >= 4 is 24.8 Å². The molecule has 0 fully saturated rings. The zero-order chi connectivity index (χ0) is 20.1. The van der Waals surface area contributed by atoms with E-state index in [1.165, 1.54) is 22.3 Å². The van der Waals surface area contributed by atoms with Crippen LogP contribution in [0.4, 0.5) is 0 Å². The van der Waals surface area contributed by atoms with Crippen molar-refractivity contribution in [2.75, 3.05) is 13.2 Å². The maximum absolute atomic E-state index is 6.25. The fourth-order valence-corrected chi connectivity index (χ4v) is 4.72. The van der Waals surface area contributed by atoms with E-state index >= 15 is 0 Å². The number of unbranched alkanes of at least 4 members (excludes halogenated alkanes) is 2. The molecule has 0 heterocycles. The summed E-state index contributed by atoms with van der Waals surface area (Å²) in [7, 11) is 0. The van der Waals surface area contributed by atoms with Crippen LogP contribution in [0.2, 0.25) is 0 Å². The van der Waals surface area contributed by atoms with Gasteiger partial charge in [-0.05, 0) is 92.2 Å². The Labute approximate surface area is 198 Å². The minimum atomic E-state index is 0. The van der Waals surface area contributed by atoms with Crippen LogP contribution in [0.1, 0.15) is 79.3 Å². The molecule has 0 aromatic heterocycles. The SMILES string of the molecule is Cl.Cl.N[C@@H]1CCCc2c(OCCCCCOc3cccc4c3CCC[C@H]4N)cccc21. The molecular weight excluding hydrogens is 431 g/mol. The molecule has 172 valence electrons. The number of nitrogens with two attached hydrogens (primary N) is 2. The Kier molecular flexibility index (Phi) is 10.4. The number of halogens is 2. The summed E-state index contributed by atoms with van der Waals surface area (Å²) in [5.74, 6) is 2.06. The van der Waals surface area contributed by atoms with E-state index in [1.54, 1.807) is 0 Å². The predicted molar refractivity (Wildman–Crippen MR) is 132 cm³/mol. The third kappa shape index (κ3) is 6.29. The van der Waals surface area contributed by atoms with Crippen molar-refractivity contribution in [3.05, 3.63) is 58.7 Å². The number of ether oxygens (including phenoxy) is 2. The van der Waals surface area contributed by atoms with E-state index in [9.17, 15) is 0 Å². The summed E-state index contributed by atoms with van der Waals surface area (Å²) in [6, 6.07) is 12.9. The molecular formula is C25H36Cl2N2O2. The van der Waals surface area contributed by atoms with Crippen molar-refractivity contribution in [1.82, 2.24) is 0 Å². The first-order valence-electron chi connectivity index (χ1n) is 11.2. The summed E-state index contributed by atoms with van der Waals surface area (Å²) < 4.78 is 12.2. The van der Waals surface area contributed by atoms with Gasteiger partial charge in [0, 0.05) is 12.1 Å². The molecule has 0 saturated carbocycles. The van der Waals surface area contributed by atoms with Gasteiger partial charge in [-0.2, -0.15) is 0 Å². The second-order valence-electron chi connectivity index (χ2n) is 8.40. The standard InChI is InChI=1S/C25H34N2O2.2ClH/c26-22-12-4-10-20-18(22)8-6-14-24(20)28-16-2-1-3-17-29-25-15-7-9-19-21(25)11-5-13-23(19)27;;/h6-9,14-15,22-23H,1-5,10-13,16-17,26-27H2;2*1H/t22-,23-;;/m1../s1. The summed E-state index contributed by atoms with van der Waals surface area (Å²) in [6.45, 7) is 1.50. The van der Waals surface area contributed by atoms with E-state index in [4.69, 9.17) is 20.9 Å². The molecule has 4 N–H and O–H groups in total. The summed E-state index contributed by atoms with van der Waals surface area (Å²) >= 11 is 0. The van der Waals surface area contributed by atoms with Gasteiger partial charge >= 0.3 is 0 Å². The highest BCUT2D eigenvalue weighted by molar-refractivity contribution is 5.85. The van der Waals surface area contributed by atoms with Gasteiger partial charge in [0.1, 0.15) is 11.5 Å². The Hall–Kier alpha value is -1.46. The monoisotopic (exact) mass is 466 g/mol. The maximum Gasteiger partial charge on any atom is 0.122 e. The van der Waals surface area contributed by atoms with Gasteiger partial charge in [-0.3, -0.25) is 0 Å². The lowest BCUT2D eigenvalue weighted by atomic mass is 9.87. The van der Waals surface area contributed by atoms with Crippen LogP contribution in [0.5, 0.6) is 11.5 Å². The molecule has 2 aliphatic rings. The quantitative estimate of drug-likeness (QED) is 0.479. The van der Waals surface area contributed by atoms with Crippen molar-refractivity contribution in [2.45, 2.75) is 69.9 Å². The van der Waals surface area contributed by atoms with Crippen molar-refractivity contribution in [2.24, 2.45) is 11.5 Å². The third-order valence-electron chi connectivity index (χ3n) is 6.33. The summed E-state index contributed by atoms with van der Waals surface area (Å²) in [4.78, 5) is 0. The predicted octanol–water partition coefficient (Wildman–Crippen LogP) is 5.83. The molecule has 0 saturated heterocycles. The van der Waals surface area contributed by atoms with Gasteiger partial charge in [-0.1, -0.05) is 24.3 Å². The minimum absolute atomic E-state index is 0. The number of hydrogen-bond donors (Lipinski definition) is 2. The van der Waals surface area contributed by atoms with Gasteiger partial charge in [-0.15, -0.1) is 24.8 Å². The minimum Gasteiger partial charge on any atom is -0.493 e. The number of hydrogen-bond acceptors (Lipinski definition) is 4. The van der Waals surface area contributed by atoms with Crippen LogP contribution in [0, 0.1) is 0 Å². The van der Waals surface area contributed by atoms with Gasteiger partial charge in [0.25, 0.3) is 0 Å².